The van der Waals surface area contributed by atoms with Gasteiger partial charge in [0.15, 0.2) is 10.8 Å². The van der Waals surface area contributed by atoms with Crippen LogP contribution in [0.2, 0.25) is 5.02 Å². The molecule has 1 aromatic carbocycles. The Hall–Kier alpha value is -2.14. The molecule has 1 aromatic heterocycles. The number of terminal acetylenes is 1. The summed E-state index contributed by atoms with van der Waals surface area (Å²) in [6, 6.07) is 4.59. The Morgan fingerprint density at radius 1 is 1.52 bits per heavy atom. The lowest BCUT2D eigenvalue weighted by Crippen LogP contribution is -2.34. The molecular formula is C19H15BrClN3O2S. The molecule has 0 spiro atoms. The molecule has 1 N–H and O–H groups in total. The molecule has 3 rings (SSSR count). The number of hydrogen-bond donors (Lipinski definition) is 1. The van der Waals surface area contributed by atoms with Crippen molar-refractivity contribution in [2.75, 3.05) is 11.9 Å². The van der Waals surface area contributed by atoms with E-state index in [2.05, 4.69) is 32.2 Å². The Bertz CT molecular complexity index is 964. The maximum Gasteiger partial charge on any atom is 0.338 e. The van der Waals surface area contributed by atoms with Crippen molar-refractivity contribution in [3.63, 3.8) is 0 Å². The molecule has 0 saturated carbocycles. The highest BCUT2D eigenvalue weighted by atomic mass is 79.9. The second-order valence-corrected chi connectivity index (χ2v) is 7.36. The second kappa shape index (κ2) is 8.70. The van der Waals surface area contributed by atoms with Crippen molar-refractivity contribution in [3.05, 3.63) is 62.2 Å². The van der Waals surface area contributed by atoms with Crippen molar-refractivity contribution in [2.24, 2.45) is 4.99 Å². The zero-order valence-electron chi connectivity index (χ0n) is 14.3. The first kappa shape index (κ1) is 19.6. The average molecular weight is 465 g/mol. The van der Waals surface area contributed by atoms with Crippen molar-refractivity contribution >= 4 is 50.7 Å². The van der Waals surface area contributed by atoms with Crippen molar-refractivity contribution in [3.8, 4) is 12.3 Å². The van der Waals surface area contributed by atoms with Crippen LogP contribution >= 0.6 is 38.9 Å². The van der Waals surface area contributed by atoms with E-state index in [1.54, 1.807) is 31.3 Å². The molecule has 1 unspecified atom stereocenters. The van der Waals surface area contributed by atoms with Gasteiger partial charge in [-0.2, -0.15) is 0 Å². The number of carbonyl (C=O) groups is 1. The molecule has 5 nitrogen and oxygen atoms in total. The fourth-order valence-corrected chi connectivity index (χ4v) is 3.92. The van der Waals surface area contributed by atoms with Crippen LogP contribution in [0.1, 0.15) is 29.1 Å². The predicted octanol–water partition coefficient (Wildman–Crippen LogP) is 4.08. The summed E-state index contributed by atoms with van der Waals surface area (Å²) in [6.45, 7) is 2.02. The van der Waals surface area contributed by atoms with E-state index in [0.717, 1.165) is 5.01 Å². The van der Waals surface area contributed by atoms with Crippen LogP contribution in [0.25, 0.3) is 0 Å². The first-order chi connectivity index (χ1) is 13.1. The molecular weight excluding hydrogens is 450 g/mol. The summed E-state index contributed by atoms with van der Waals surface area (Å²) >= 11 is 11.0. The second-order valence-electron chi connectivity index (χ2n) is 5.46. The van der Waals surface area contributed by atoms with E-state index in [-0.39, 0.29) is 6.61 Å². The number of aromatic nitrogens is 1. The number of aliphatic imine (C=N–C) groups is 1. The monoisotopic (exact) mass is 463 g/mol. The Labute approximate surface area is 174 Å². The Morgan fingerprint density at radius 2 is 2.33 bits per heavy atom. The summed E-state index contributed by atoms with van der Waals surface area (Å²) in [5, 5.41) is 6.72. The minimum Gasteiger partial charge on any atom is -0.463 e. The number of benzene rings is 1. The SMILES string of the molecule is C#Cc1cc(Cl)ccc1C1N=C(c2nccs2)NC(CBr)=C1C(=O)OCC. The predicted molar refractivity (Wildman–Crippen MR) is 111 cm³/mol. The normalized spacial score (nSPS) is 16.4. The van der Waals surface area contributed by atoms with Crippen molar-refractivity contribution in [1.29, 1.82) is 0 Å². The maximum absolute atomic E-state index is 12.7. The third kappa shape index (κ3) is 4.08. The van der Waals surface area contributed by atoms with E-state index >= 15 is 0 Å². The number of carbonyl (C=O) groups excluding carboxylic acids is 1. The zero-order chi connectivity index (χ0) is 19.4. The standard InChI is InChI=1S/C19H15BrClN3O2S/c1-3-11-9-12(21)5-6-13(11)16-15(19(25)26-4-2)14(10-20)23-17(24-16)18-22-7-8-27-18/h1,5-9,16H,4,10H2,2H3,(H,23,24). The van der Waals surface area contributed by atoms with E-state index in [1.807, 2.05) is 5.38 Å². The fraction of sp³-hybridized carbons (Fsp3) is 0.211. The van der Waals surface area contributed by atoms with Gasteiger partial charge in [-0.1, -0.05) is 39.5 Å². The molecule has 8 heteroatoms. The highest BCUT2D eigenvalue weighted by Gasteiger charge is 2.33. The topological polar surface area (TPSA) is 63.6 Å². The molecule has 2 aromatic rings. The quantitative estimate of drug-likeness (QED) is 0.411. The average Bonchev–Trinajstić information content (AvgIpc) is 3.21. The minimum absolute atomic E-state index is 0.260. The van der Waals surface area contributed by atoms with Crippen LogP contribution in [0.5, 0.6) is 0 Å². The number of nitrogens with zero attached hydrogens (tertiary/aromatic N) is 2. The molecule has 0 amide bonds. The lowest BCUT2D eigenvalue weighted by Gasteiger charge is -2.27. The third-order valence-corrected chi connectivity index (χ3v) is 5.43. The summed E-state index contributed by atoms with van der Waals surface area (Å²) in [6.07, 6.45) is 7.38. The molecule has 1 aliphatic rings. The molecule has 1 aliphatic heterocycles. The van der Waals surface area contributed by atoms with Gasteiger partial charge in [0, 0.05) is 33.2 Å². The van der Waals surface area contributed by atoms with Gasteiger partial charge in [0.25, 0.3) is 0 Å². The highest BCUT2D eigenvalue weighted by Crippen LogP contribution is 2.35. The Kier molecular flexibility index (Phi) is 6.32. The Balaban J connectivity index is 2.19. The van der Waals surface area contributed by atoms with Gasteiger partial charge in [-0.3, -0.25) is 4.99 Å². The van der Waals surface area contributed by atoms with Crippen LogP contribution in [0.3, 0.4) is 0 Å². The molecule has 1 atom stereocenters. The first-order valence-electron chi connectivity index (χ1n) is 8.05. The van der Waals surface area contributed by atoms with Crippen LogP contribution in [0.4, 0.5) is 0 Å². The molecule has 138 valence electrons. The molecule has 2 heterocycles. The van der Waals surface area contributed by atoms with Crippen molar-refractivity contribution in [1.82, 2.24) is 10.3 Å². The van der Waals surface area contributed by atoms with Crippen LogP contribution in [-0.4, -0.2) is 28.7 Å². The van der Waals surface area contributed by atoms with Gasteiger partial charge in [-0.25, -0.2) is 9.78 Å². The summed E-state index contributed by atoms with van der Waals surface area (Å²) in [5.41, 5.74) is 2.36. The van der Waals surface area contributed by atoms with E-state index in [0.29, 0.717) is 38.6 Å². The molecule has 0 bridgehead atoms. The van der Waals surface area contributed by atoms with Gasteiger partial charge in [-0.15, -0.1) is 17.8 Å². The number of halogens is 2. The van der Waals surface area contributed by atoms with Gasteiger partial charge in [0.2, 0.25) is 0 Å². The van der Waals surface area contributed by atoms with E-state index < -0.39 is 12.0 Å². The number of allylic oxidation sites excluding steroid dienone is 1. The number of esters is 1. The Morgan fingerprint density at radius 3 is 2.96 bits per heavy atom. The van der Waals surface area contributed by atoms with E-state index in [9.17, 15) is 4.79 Å². The van der Waals surface area contributed by atoms with Crippen LogP contribution in [0.15, 0.2) is 46.0 Å². The van der Waals surface area contributed by atoms with Crippen molar-refractivity contribution < 1.29 is 9.53 Å². The molecule has 0 aliphatic carbocycles. The number of nitrogens with one attached hydrogen (secondary N) is 1. The van der Waals surface area contributed by atoms with Crippen LogP contribution in [-0.2, 0) is 9.53 Å². The van der Waals surface area contributed by atoms with Gasteiger partial charge >= 0.3 is 5.97 Å². The largest absolute Gasteiger partial charge is 0.463 e. The van der Waals surface area contributed by atoms with Gasteiger partial charge < -0.3 is 10.1 Å². The minimum atomic E-state index is -0.625. The number of rotatable bonds is 5. The molecule has 0 saturated heterocycles. The number of hydrogen-bond acceptors (Lipinski definition) is 6. The van der Waals surface area contributed by atoms with Crippen LogP contribution in [0, 0.1) is 12.3 Å². The molecule has 0 fully saturated rings. The third-order valence-electron chi connectivity index (χ3n) is 3.86. The summed E-state index contributed by atoms with van der Waals surface area (Å²) in [5.74, 6) is 2.77. The number of ether oxygens (including phenoxy) is 1. The van der Waals surface area contributed by atoms with Crippen molar-refractivity contribution in [2.45, 2.75) is 13.0 Å². The summed E-state index contributed by atoms with van der Waals surface area (Å²) in [7, 11) is 0. The molecule has 27 heavy (non-hydrogen) atoms. The van der Waals surface area contributed by atoms with Gasteiger partial charge in [0.05, 0.1) is 12.2 Å². The lowest BCUT2D eigenvalue weighted by molar-refractivity contribution is -0.138. The van der Waals surface area contributed by atoms with Gasteiger partial charge in [-0.05, 0) is 24.6 Å². The number of amidine groups is 1. The summed E-state index contributed by atoms with van der Waals surface area (Å²) in [4.78, 5) is 21.8. The maximum atomic E-state index is 12.7. The van der Waals surface area contributed by atoms with Crippen LogP contribution < -0.4 is 5.32 Å². The lowest BCUT2D eigenvalue weighted by atomic mass is 9.92. The summed E-state index contributed by atoms with van der Waals surface area (Å²) < 4.78 is 5.27. The zero-order valence-corrected chi connectivity index (χ0v) is 17.5. The number of thiazole rings is 1. The molecule has 0 radical (unpaired) electrons. The van der Waals surface area contributed by atoms with E-state index in [4.69, 9.17) is 27.8 Å². The highest BCUT2D eigenvalue weighted by molar-refractivity contribution is 9.09. The van der Waals surface area contributed by atoms with Gasteiger partial charge in [0.1, 0.15) is 6.04 Å². The first-order valence-corrected chi connectivity index (χ1v) is 10.4. The number of alkyl halides is 1. The van der Waals surface area contributed by atoms with E-state index in [1.165, 1.54) is 11.3 Å². The smallest absolute Gasteiger partial charge is 0.338 e. The fourth-order valence-electron chi connectivity index (χ4n) is 2.72.